The van der Waals surface area contributed by atoms with Crippen LogP contribution in [-0.4, -0.2) is 19.5 Å². The third-order valence-corrected chi connectivity index (χ3v) is 10.2. The average molecular weight is 665 g/mol. The number of fused-ring (bicyclic) bond motifs is 10. The summed E-state index contributed by atoms with van der Waals surface area (Å²) < 4.78 is 8.82. The second-order valence-corrected chi connectivity index (χ2v) is 13.2. The van der Waals surface area contributed by atoms with Gasteiger partial charge in [0.1, 0.15) is 11.2 Å². The molecule has 242 valence electrons. The van der Waals surface area contributed by atoms with Gasteiger partial charge in [-0.1, -0.05) is 127 Å². The van der Waals surface area contributed by atoms with E-state index in [0.29, 0.717) is 17.5 Å². The standard InChI is InChI=1S/C47H28N4O/c1-3-14-31(15-4-1)45-48-46(32-24-27-41-39(28-32)36-25-22-30-13-8-10-19-35(30)44(36)52-41)50-47(49-45)38-20-11-21-40-42(38)37-26-23-29-12-7-9-18-34(29)43(37)51(40)33-16-5-2-6-17-33/h1-28H. The van der Waals surface area contributed by atoms with Gasteiger partial charge in [-0.2, -0.15) is 0 Å². The van der Waals surface area contributed by atoms with Crippen molar-refractivity contribution in [2.24, 2.45) is 0 Å². The number of aromatic nitrogens is 4. The predicted molar refractivity (Wildman–Crippen MR) is 213 cm³/mol. The summed E-state index contributed by atoms with van der Waals surface area (Å²) in [6.07, 6.45) is 0. The molecule has 0 spiro atoms. The minimum Gasteiger partial charge on any atom is -0.455 e. The first kappa shape index (κ1) is 28.7. The van der Waals surface area contributed by atoms with E-state index in [-0.39, 0.29) is 0 Å². The fourth-order valence-electron chi connectivity index (χ4n) is 7.84. The van der Waals surface area contributed by atoms with E-state index < -0.39 is 0 Å². The molecule has 0 radical (unpaired) electrons. The first-order valence-electron chi connectivity index (χ1n) is 17.5. The highest BCUT2D eigenvalue weighted by atomic mass is 16.3. The highest BCUT2D eigenvalue weighted by Crippen LogP contribution is 2.42. The largest absolute Gasteiger partial charge is 0.455 e. The third-order valence-electron chi connectivity index (χ3n) is 10.2. The summed E-state index contributed by atoms with van der Waals surface area (Å²) in [5, 5.41) is 8.99. The van der Waals surface area contributed by atoms with Crippen molar-refractivity contribution in [2.45, 2.75) is 0 Å². The third kappa shape index (κ3) is 4.33. The van der Waals surface area contributed by atoms with E-state index in [1.165, 1.54) is 10.8 Å². The fourth-order valence-corrected chi connectivity index (χ4v) is 7.84. The number of benzene rings is 8. The molecule has 0 saturated carbocycles. The maximum atomic E-state index is 6.45. The summed E-state index contributed by atoms with van der Waals surface area (Å²) in [7, 11) is 0. The number of furan rings is 1. The maximum Gasteiger partial charge on any atom is 0.164 e. The Morgan fingerprint density at radius 2 is 1.08 bits per heavy atom. The second kappa shape index (κ2) is 11.2. The van der Waals surface area contributed by atoms with Crippen LogP contribution in [0.3, 0.4) is 0 Å². The molecule has 0 saturated heterocycles. The lowest BCUT2D eigenvalue weighted by atomic mass is 10.0. The summed E-state index contributed by atoms with van der Waals surface area (Å²) in [5.41, 5.74) is 7.86. The van der Waals surface area contributed by atoms with Gasteiger partial charge in [0.25, 0.3) is 0 Å². The number of para-hydroxylation sites is 1. The van der Waals surface area contributed by atoms with Crippen molar-refractivity contribution in [3.8, 4) is 39.9 Å². The van der Waals surface area contributed by atoms with E-state index in [1.54, 1.807) is 0 Å². The summed E-state index contributed by atoms with van der Waals surface area (Å²) in [5.74, 6) is 1.85. The fraction of sp³-hybridized carbons (Fsp3) is 0. The summed E-state index contributed by atoms with van der Waals surface area (Å²) in [6, 6.07) is 59.1. The Bertz CT molecular complexity index is 3180. The van der Waals surface area contributed by atoms with Crippen LogP contribution in [0.15, 0.2) is 174 Å². The first-order chi connectivity index (χ1) is 25.8. The van der Waals surface area contributed by atoms with Crippen molar-refractivity contribution >= 4 is 65.3 Å². The average Bonchev–Trinajstić information content (AvgIpc) is 3.77. The minimum absolute atomic E-state index is 0.607. The molecule has 0 aliphatic carbocycles. The van der Waals surface area contributed by atoms with Crippen LogP contribution < -0.4 is 0 Å². The lowest BCUT2D eigenvalue weighted by molar-refractivity contribution is 0.672. The number of hydrogen-bond donors (Lipinski definition) is 0. The predicted octanol–water partition coefficient (Wildman–Crippen LogP) is 12.2. The molecular weight excluding hydrogens is 637 g/mol. The summed E-state index contributed by atoms with van der Waals surface area (Å²) in [4.78, 5) is 15.5. The monoisotopic (exact) mass is 664 g/mol. The van der Waals surface area contributed by atoms with Crippen molar-refractivity contribution in [1.82, 2.24) is 19.5 Å². The summed E-state index contributed by atoms with van der Waals surface area (Å²) >= 11 is 0. The Balaban J connectivity index is 1.19. The maximum absolute atomic E-state index is 6.45. The molecule has 8 aromatic carbocycles. The molecule has 0 fully saturated rings. The van der Waals surface area contributed by atoms with Gasteiger partial charge >= 0.3 is 0 Å². The lowest BCUT2D eigenvalue weighted by Gasteiger charge is -2.11. The molecule has 3 aromatic heterocycles. The minimum atomic E-state index is 0.607. The Hall–Kier alpha value is -7.11. The molecule has 0 unspecified atom stereocenters. The van der Waals surface area contributed by atoms with Gasteiger partial charge in [-0.3, -0.25) is 0 Å². The molecule has 3 heterocycles. The van der Waals surface area contributed by atoms with Crippen molar-refractivity contribution in [1.29, 1.82) is 0 Å². The number of hydrogen-bond acceptors (Lipinski definition) is 4. The molecule has 11 rings (SSSR count). The Kier molecular flexibility index (Phi) is 6.18. The smallest absolute Gasteiger partial charge is 0.164 e. The molecule has 5 nitrogen and oxygen atoms in total. The number of nitrogens with zero attached hydrogens (tertiary/aromatic N) is 4. The SMILES string of the molecule is c1ccc(-c2nc(-c3ccc4oc5c6ccccc6ccc5c4c3)nc(-c3cccc4c3c3ccc5ccccc5c3n4-c3ccccc3)n2)cc1. The van der Waals surface area contributed by atoms with Crippen molar-refractivity contribution in [3.05, 3.63) is 170 Å². The normalized spacial score (nSPS) is 11.8. The highest BCUT2D eigenvalue weighted by Gasteiger charge is 2.21. The van der Waals surface area contributed by atoms with Gasteiger partial charge in [0.15, 0.2) is 17.5 Å². The van der Waals surface area contributed by atoms with Crippen LogP contribution in [0.4, 0.5) is 0 Å². The van der Waals surface area contributed by atoms with Crippen LogP contribution in [0.25, 0.3) is 105 Å². The van der Waals surface area contributed by atoms with E-state index in [1.807, 2.05) is 24.3 Å². The van der Waals surface area contributed by atoms with Gasteiger partial charge in [-0.15, -0.1) is 0 Å². The van der Waals surface area contributed by atoms with Crippen molar-refractivity contribution in [3.63, 3.8) is 0 Å². The molecule has 52 heavy (non-hydrogen) atoms. The molecule has 5 heteroatoms. The highest BCUT2D eigenvalue weighted by molar-refractivity contribution is 6.22. The molecular formula is C47H28N4O. The van der Waals surface area contributed by atoms with Crippen LogP contribution in [0.2, 0.25) is 0 Å². The zero-order chi connectivity index (χ0) is 34.2. The van der Waals surface area contributed by atoms with Gasteiger partial charge in [0, 0.05) is 54.7 Å². The second-order valence-electron chi connectivity index (χ2n) is 13.2. The molecule has 11 aromatic rings. The molecule has 0 amide bonds. The van der Waals surface area contributed by atoms with Gasteiger partial charge in [-0.05, 0) is 53.2 Å². The van der Waals surface area contributed by atoms with Crippen LogP contribution in [-0.2, 0) is 0 Å². The van der Waals surface area contributed by atoms with Gasteiger partial charge in [0.2, 0.25) is 0 Å². The zero-order valence-corrected chi connectivity index (χ0v) is 27.9. The zero-order valence-electron chi connectivity index (χ0n) is 27.9. The molecule has 0 bridgehead atoms. The van der Waals surface area contributed by atoms with E-state index in [9.17, 15) is 0 Å². The lowest BCUT2D eigenvalue weighted by Crippen LogP contribution is -2.00. The first-order valence-corrected chi connectivity index (χ1v) is 17.5. The van der Waals surface area contributed by atoms with E-state index in [4.69, 9.17) is 19.4 Å². The van der Waals surface area contributed by atoms with Gasteiger partial charge < -0.3 is 8.98 Å². The number of rotatable bonds is 4. The van der Waals surface area contributed by atoms with E-state index in [2.05, 4.69) is 150 Å². The van der Waals surface area contributed by atoms with Crippen molar-refractivity contribution in [2.75, 3.05) is 0 Å². The van der Waals surface area contributed by atoms with E-state index in [0.717, 1.165) is 76.9 Å². The van der Waals surface area contributed by atoms with E-state index >= 15 is 0 Å². The molecule has 0 N–H and O–H groups in total. The molecule has 0 aliphatic heterocycles. The Morgan fingerprint density at radius 1 is 0.423 bits per heavy atom. The van der Waals surface area contributed by atoms with Crippen LogP contribution in [0.1, 0.15) is 0 Å². The topological polar surface area (TPSA) is 56.7 Å². The van der Waals surface area contributed by atoms with Crippen molar-refractivity contribution < 1.29 is 4.42 Å². The molecule has 0 aliphatic rings. The Labute approximate surface area is 298 Å². The molecule has 0 atom stereocenters. The quantitative estimate of drug-likeness (QED) is 0.188. The van der Waals surface area contributed by atoms with Crippen LogP contribution >= 0.6 is 0 Å². The van der Waals surface area contributed by atoms with Gasteiger partial charge in [-0.25, -0.2) is 15.0 Å². The van der Waals surface area contributed by atoms with Crippen LogP contribution in [0, 0.1) is 0 Å². The van der Waals surface area contributed by atoms with Gasteiger partial charge in [0.05, 0.1) is 11.0 Å². The van der Waals surface area contributed by atoms with Crippen LogP contribution in [0.5, 0.6) is 0 Å². The Morgan fingerprint density at radius 3 is 1.88 bits per heavy atom. The summed E-state index contributed by atoms with van der Waals surface area (Å²) in [6.45, 7) is 0.